The lowest BCUT2D eigenvalue weighted by atomic mass is 10.00. The summed E-state index contributed by atoms with van der Waals surface area (Å²) in [4.78, 5) is 2.04. The number of thioether (sulfide) groups is 2. The second-order valence-electron chi connectivity index (χ2n) is 7.40. The molecule has 0 aliphatic rings. The molecule has 0 bridgehead atoms. The van der Waals surface area contributed by atoms with Gasteiger partial charge in [0.2, 0.25) is 0 Å². The summed E-state index contributed by atoms with van der Waals surface area (Å²) in [5.74, 6) is -0.266. The Morgan fingerprint density at radius 1 is 0.667 bits per heavy atom. The predicted molar refractivity (Wildman–Crippen MR) is 134 cm³/mol. The van der Waals surface area contributed by atoms with Crippen LogP contribution in [-0.2, 0) is 0 Å². The zero-order chi connectivity index (χ0) is 23.2. The van der Waals surface area contributed by atoms with Gasteiger partial charge < -0.3 is 0 Å². The van der Waals surface area contributed by atoms with Crippen molar-refractivity contribution in [2.75, 3.05) is 5.08 Å². The topological polar surface area (TPSA) is 47.6 Å². The van der Waals surface area contributed by atoms with Crippen LogP contribution in [0.1, 0.15) is 16.7 Å². The smallest absolute Gasteiger partial charge is 0.132 e. The number of hydrogen-bond acceptors (Lipinski definition) is 4. The normalized spacial score (nSPS) is 10.4. The molecule has 0 saturated heterocycles. The Morgan fingerprint density at radius 3 is 1.64 bits per heavy atom. The highest BCUT2D eigenvalue weighted by Crippen LogP contribution is 2.33. The van der Waals surface area contributed by atoms with Crippen molar-refractivity contribution in [3.8, 4) is 34.4 Å². The van der Waals surface area contributed by atoms with Gasteiger partial charge in [-0.1, -0.05) is 36.4 Å². The maximum atomic E-state index is 14.7. The molecule has 5 heteroatoms. The van der Waals surface area contributed by atoms with E-state index >= 15 is 0 Å². The number of hydrogen-bond donors (Lipinski definition) is 0. The highest BCUT2D eigenvalue weighted by atomic mass is 32.2. The molecule has 4 aromatic rings. The van der Waals surface area contributed by atoms with E-state index in [-0.39, 0.29) is 5.82 Å². The lowest BCUT2D eigenvalue weighted by Gasteiger charge is -2.10. The van der Waals surface area contributed by atoms with Crippen LogP contribution in [0.3, 0.4) is 0 Å². The number of aryl methyl sites for hydroxylation is 1. The molecular formula is C28H19FN2S2. The molecule has 4 rings (SSSR count). The van der Waals surface area contributed by atoms with Crippen molar-refractivity contribution in [3.63, 3.8) is 0 Å². The van der Waals surface area contributed by atoms with Gasteiger partial charge in [-0.15, -0.1) is 23.5 Å². The Kier molecular flexibility index (Phi) is 7.15. The summed E-state index contributed by atoms with van der Waals surface area (Å²) in [5.41, 5.74) is 5.92. The fourth-order valence-corrected chi connectivity index (χ4v) is 5.58. The number of benzene rings is 4. The molecule has 4 aromatic carbocycles. The molecule has 0 unspecified atom stereocenters. The Hall–Kier alpha value is -3.51. The van der Waals surface area contributed by atoms with E-state index in [1.165, 1.54) is 5.56 Å². The first-order chi connectivity index (χ1) is 16.1. The summed E-state index contributed by atoms with van der Waals surface area (Å²) in [5, 5.41) is 18.7. The first-order valence-electron chi connectivity index (χ1n) is 10.2. The molecule has 33 heavy (non-hydrogen) atoms. The number of nitriles is 2. The van der Waals surface area contributed by atoms with Gasteiger partial charge in [0.25, 0.3) is 0 Å². The summed E-state index contributed by atoms with van der Waals surface area (Å²) < 4.78 is 14.7. The third kappa shape index (κ3) is 5.46. The van der Waals surface area contributed by atoms with E-state index in [2.05, 4.69) is 37.3 Å². The van der Waals surface area contributed by atoms with Crippen LogP contribution >= 0.6 is 23.5 Å². The van der Waals surface area contributed by atoms with Crippen LogP contribution in [0.25, 0.3) is 22.3 Å². The second kappa shape index (κ2) is 10.4. The molecule has 0 aliphatic heterocycles. The molecule has 0 atom stereocenters. The van der Waals surface area contributed by atoms with Gasteiger partial charge in [-0.3, -0.25) is 0 Å². The van der Waals surface area contributed by atoms with Crippen LogP contribution < -0.4 is 0 Å². The van der Waals surface area contributed by atoms with Gasteiger partial charge in [0.1, 0.15) is 5.82 Å². The summed E-state index contributed by atoms with van der Waals surface area (Å²) in [6.07, 6.45) is 0. The molecular weight excluding hydrogens is 447 g/mol. The van der Waals surface area contributed by atoms with E-state index in [1.807, 2.05) is 30.3 Å². The average Bonchev–Trinajstić information content (AvgIpc) is 2.84. The lowest BCUT2D eigenvalue weighted by Crippen LogP contribution is -1.87. The summed E-state index contributed by atoms with van der Waals surface area (Å²) in [6.45, 7) is 2.09. The minimum absolute atomic E-state index is 0.266. The maximum absolute atomic E-state index is 14.7. The Labute approximate surface area is 201 Å². The fourth-order valence-electron chi connectivity index (χ4n) is 3.48. The van der Waals surface area contributed by atoms with Crippen LogP contribution in [0, 0.1) is 35.4 Å². The van der Waals surface area contributed by atoms with E-state index < -0.39 is 0 Å². The first-order valence-corrected chi connectivity index (χ1v) is 12.2. The predicted octanol–water partition coefficient (Wildman–Crippen LogP) is 8.05. The second-order valence-corrected chi connectivity index (χ2v) is 9.87. The Balaban J connectivity index is 1.38. The maximum Gasteiger partial charge on any atom is 0.132 e. The number of nitrogens with zero attached hydrogens (tertiary/aromatic N) is 2. The molecule has 0 aromatic heterocycles. The lowest BCUT2D eigenvalue weighted by molar-refractivity contribution is 0.628. The average molecular weight is 467 g/mol. The minimum Gasteiger partial charge on any atom is -0.206 e. The van der Waals surface area contributed by atoms with Crippen LogP contribution in [0.4, 0.5) is 4.39 Å². The van der Waals surface area contributed by atoms with Gasteiger partial charge in [-0.05, 0) is 77.7 Å². The van der Waals surface area contributed by atoms with Gasteiger partial charge in [-0.25, -0.2) is 4.39 Å². The van der Waals surface area contributed by atoms with Crippen LogP contribution in [-0.4, -0.2) is 5.08 Å². The molecule has 0 radical (unpaired) electrons. The van der Waals surface area contributed by atoms with Crippen molar-refractivity contribution in [2.24, 2.45) is 0 Å². The molecule has 0 amide bonds. The molecule has 0 fully saturated rings. The Morgan fingerprint density at radius 2 is 1.15 bits per heavy atom. The van der Waals surface area contributed by atoms with E-state index in [1.54, 1.807) is 59.9 Å². The summed E-state index contributed by atoms with van der Waals surface area (Å²) in [7, 11) is 0. The van der Waals surface area contributed by atoms with Crippen LogP contribution in [0.2, 0.25) is 0 Å². The summed E-state index contributed by atoms with van der Waals surface area (Å²) >= 11 is 3.32. The van der Waals surface area contributed by atoms with E-state index in [0.717, 1.165) is 31.6 Å². The fraction of sp³-hybridized carbons (Fsp3) is 0.0714. The van der Waals surface area contributed by atoms with Gasteiger partial charge in [0.05, 0.1) is 23.3 Å². The van der Waals surface area contributed by atoms with Crippen molar-refractivity contribution >= 4 is 23.5 Å². The van der Waals surface area contributed by atoms with Gasteiger partial charge in [0, 0.05) is 20.4 Å². The van der Waals surface area contributed by atoms with Crippen LogP contribution in [0.5, 0.6) is 0 Å². The first kappa shape index (κ1) is 22.7. The molecule has 0 saturated carbocycles. The van der Waals surface area contributed by atoms with E-state index in [9.17, 15) is 4.39 Å². The monoisotopic (exact) mass is 466 g/mol. The molecule has 0 N–H and O–H groups in total. The quantitative estimate of drug-likeness (QED) is 0.213. The third-order valence-electron chi connectivity index (χ3n) is 5.24. The number of halogens is 1. The van der Waals surface area contributed by atoms with Gasteiger partial charge >= 0.3 is 0 Å². The summed E-state index contributed by atoms with van der Waals surface area (Å²) in [6, 6.07) is 30.4. The van der Waals surface area contributed by atoms with Crippen molar-refractivity contribution in [2.45, 2.75) is 16.7 Å². The van der Waals surface area contributed by atoms with Crippen molar-refractivity contribution in [1.82, 2.24) is 0 Å². The zero-order valence-corrected chi connectivity index (χ0v) is 19.5. The van der Waals surface area contributed by atoms with E-state index in [4.69, 9.17) is 10.5 Å². The molecule has 0 spiro atoms. The number of rotatable bonds is 6. The third-order valence-corrected chi connectivity index (χ3v) is 7.36. The van der Waals surface area contributed by atoms with Gasteiger partial charge in [-0.2, -0.15) is 10.5 Å². The Bertz CT molecular complexity index is 1260. The molecule has 0 aliphatic carbocycles. The van der Waals surface area contributed by atoms with E-state index in [0.29, 0.717) is 16.7 Å². The zero-order valence-electron chi connectivity index (χ0n) is 17.9. The highest BCUT2D eigenvalue weighted by molar-refractivity contribution is 8.16. The molecule has 160 valence electrons. The molecule has 2 nitrogen and oxygen atoms in total. The standard InChI is InChI=1S/C28H19FN2S2/c1-19-14-24(10-12-26(19)22-6-2-20(16-30)3-7-22)32-18-33-25-11-13-27(28(29)15-25)23-8-4-21(17-31)5-9-23/h2-15H,18H2,1H3. The largest absolute Gasteiger partial charge is 0.206 e. The van der Waals surface area contributed by atoms with Crippen molar-refractivity contribution in [1.29, 1.82) is 10.5 Å². The van der Waals surface area contributed by atoms with Crippen LogP contribution in [0.15, 0.2) is 94.7 Å². The SMILES string of the molecule is Cc1cc(SCSc2ccc(-c3ccc(C#N)cc3)c(F)c2)ccc1-c1ccc(C#N)cc1. The van der Waals surface area contributed by atoms with Gasteiger partial charge in [0.15, 0.2) is 0 Å². The highest BCUT2D eigenvalue weighted by Gasteiger charge is 2.08. The van der Waals surface area contributed by atoms with Crippen molar-refractivity contribution < 1.29 is 4.39 Å². The molecule has 0 heterocycles. The minimum atomic E-state index is -0.266. The van der Waals surface area contributed by atoms with Crippen molar-refractivity contribution in [3.05, 3.63) is 107 Å².